The maximum absolute atomic E-state index is 14.2. The third kappa shape index (κ3) is 5.52. The summed E-state index contributed by atoms with van der Waals surface area (Å²) in [5.41, 5.74) is 0.00176. The Kier molecular flexibility index (Phi) is 8.66. The SMILES string of the molecule is C=CCCCC[C@H](c1c(F)cc(F)cc1F)N1CCNCC1.Cl. The minimum absolute atomic E-state index is 0. The van der Waals surface area contributed by atoms with Gasteiger partial charge in [-0.1, -0.05) is 12.5 Å². The molecule has 0 amide bonds. The predicted molar refractivity (Wildman–Crippen MR) is 89.4 cm³/mol. The lowest BCUT2D eigenvalue weighted by Gasteiger charge is -2.35. The number of piperazine rings is 1. The van der Waals surface area contributed by atoms with Crippen molar-refractivity contribution in [3.8, 4) is 0 Å². The molecule has 0 aromatic heterocycles. The summed E-state index contributed by atoms with van der Waals surface area (Å²) in [6.07, 6.45) is 5.20. The highest BCUT2D eigenvalue weighted by Gasteiger charge is 2.27. The average molecular weight is 349 g/mol. The van der Waals surface area contributed by atoms with Crippen LogP contribution in [0, 0.1) is 17.5 Å². The van der Waals surface area contributed by atoms with Crippen LogP contribution in [-0.2, 0) is 0 Å². The molecule has 1 atom stereocenters. The highest BCUT2D eigenvalue weighted by atomic mass is 35.5. The van der Waals surface area contributed by atoms with Crippen LogP contribution in [0.25, 0.3) is 0 Å². The molecule has 1 saturated heterocycles. The lowest BCUT2D eigenvalue weighted by Crippen LogP contribution is -2.45. The minimum atomic E-state index is -0.871. The van der Waals surface area contributed by atoms with E-state index in [1.165, 1.54) is 0 Å². The van der Waals surface area contributed by atoms with Gasteiger partial charge in [0.2, 0.25) is 0 Å². The van der Waals surface area contributed by atoms with Gasteiger partial charge < -0.3 is 5.32 Å². The summed E-state index contributed by atoms with van der Waals surface area (Å²) >= 11 is 0. The smallest absolute Gasteiger partial charge is 0.133 e. The third-order valence-corrected chi connectivity index (χ3v) is 4.11. The number of nitrogens with one attached hydrogen (secondary N) is 1. The first kappa shape index (κ1) is 20.0. The van der Waals surface area contributed by atoms with Crippen LogP contribution in [0.15, 0.2) is 24.8 Å². The molecule has 0 aliphatic carbocycles. The molecule has 1 aromatic rings. The fraction of sp³-hybridized carbons (Fsp3) is 0.529. The monoisotopic (exact) mass is 348 g/mol. The molecule has 23 heavy (non-hydrogen) atoms. The highest BCUT2D eigenvalue weighted by molar-refractivity contribution is 5.85. The first-order valence-electron chi connectivity index (χ1n) is 7.83. The molecule has 0 unspecified atom stereocenters. The lowest BCUT2D eigenvalue weighted by atomic mass is 9.97. The van der Waals surface area contributed by atoms with Gasteiger partial charge in [0.25, 0.3) is 0 Å². The number of hydrogen-bond acceptors (Lipinski definition) is 2. The molecule has 2 rings (SSSR count). The van der Waals surface area contributed by atoms with Gasteiger partial charge in [-0.05, 0) is 19.3 Å². The molecule has 1 N–H and O–H groups in total. The maximum Gasteiger partial charge on any atom is 0.133 e. The third-order valence-electron chi connectivity index (χ3n) is 4.11. The first-order valence-corrected chi connectivity index (χ1v) is 7.83. The molecule has 0 bridgehead atoms. The molecule has 130 valence electrons. The number of unbranched alkanes of at least 4 members (excludes halogenated alkanes) is 2. The fourth-order valence-corrected chi connectivity index (χ4v) is 3.00. The molecular formula is C17H24ClF3N2. The molecule has 0 saturated carbocycles. The largest absolute Gasteiger partial charge is 0.314 e. The molecular weight excluding hydrogens is 325 g/mol. The van der Waals surface area contributed by atoms with Crippen LogP contribution in [0.5, 0.6) is 0 Å². The van der Waals surface area contributed by atoms with Gasteiger partial charge in [0, 0.05) is 49.9 Å². The normalized spacial score (nSPS) is 16.7. The number of nitrogens with zero attached hydrogens (tertiary/aromatic N) is 1. The van der Waals surface area contributed by atoms with E-state index < -0.39 is 17.5 Å². The van der Waals surface area contributed by atoms with Crippen LogP contribution < -0.4 is 5.32 Å². The van der Waals surface area contributed by atoms with Crippen molar-refractivity contribution in [3.05, 3.63) is 47.8 Å². The van der Waals surface area contributed by atoms with Crippen LogP contribution in [0.4, 0.5) is 13.2 Å². The van der Waals surface area contributed by atoms with Crippen molar-refractivity contribution in [3.63, 3.8) is 0 Å². The highest BCUT2D eigenvalue weighted by Crippen LogP contribution is 2.31. The summed E-state index contributed by atoms with van der Waals surface area (Å²) in [4.78, 5) is 2.09. The van der Waals surface area contributed by atoms with E-state index in [4.69, 9.17) is 0 Å². The van der Waals surface area contributed by atoms with Gasteiger partial charge in [-0.3, -0.25) is 4.90 Å². The van der Waals surface area contributed by atoms with Gasteiger partial charge in [0.1, 0.15) is 17.5 Å². The first-order chi connectivity index (χ1) is 10.6. The van der Waals surface area contributed by atoms with Gasteiger partial charge in [0.15, 0.2) is 0 Å². The number of allylic oxidation sites excluding steroid dienone is 1. The minimum Gasteiger partial charge on any atom is -0.314 e. The Balaban J connectivity index is 0.00000264. The second-order valence-electron chi connectivity index (χ2n) is 5.66. The van der Waals surface area contributed by atoms with Crippen LogP contribution in [0.3, 0.4) is 0 Å². The number of benzene rings is 1. The van der Waals surface area contributed by atoms with Gasteiger partial charge in [-0.15, -0.1) is 19.0 Å². The topological polar surface area (TPSA) is 15.3 Å². The molecule has 1 heterocycles. The number of hydrogen-bond donors (Lipinski definition) is 1. The second kappa shape index (κ2) is 9.96. The maximum atomic E-state index is 14.2. The van der Waals surface area contributed by atoms with Crippen molar-refractivity contribution >= 4 is 12.4 Å². The van der Waals surface area contributed by atoms with Crippen LogP contribution in [0.1, 0.15) is 37.3 Å². The van der Waals surface area contributed by atoms with Crippen molar-refractivity contribution in [2.45, 2.75) is 31.7 Å². The Morgan fingerprint density at radius 1 is 1.13 bits per heavy atom. The molecule has 1 aromatic carbocycles. The van der Waals surface area contributed by atoms with Crippen molar-refractivity contribution in [1.82, 2.24) is 10.2 Å². The molecule has 1 aliphatic rings. The zero-order valence-corrected chi connectivity index (χ0v) is 14.0. The van der Waals surface area contributed by atoms with Gasteiger partial charge in [0.05, 0.1) is 0 Å². The summed E-state index contributed by atoms with van der Waals surface area (Å²) in [6.45, 7) is 6.76. The van der Waals surface area contributed by atoms with E-state index in [0.29, 0.717) is 6.42 Å². The Morgan fingerprint density at radius 3 is 2.30 bits per heavy atom. The summed E-state index contributed by atoms with van der Waals surface area (Å²) in [5.74, 6) is -2.45. The van der Waals surface area contributed by atoms with E-state index in [0.717, 1.165) is 57.6 Å². The van der Waals surface area contributed by atoms with Crippen LogP contribution >= 0.6 is 12.4 Å². The van der Waals surface area contributed by atoms with E-state index in [9.17, 15) is 13.2 Å². The molecule has 0 radical (unpaired) electrons. The lowest BCUT2D eigenvalue weighted by molar-refractivity contribution is 0.156. The number of rotatable bonds is 7. The Bertz CT molecular complexity index is 482. The summed E-state index contributed by atoms with van der Waals surface area (Å²) in [7, 11) is 0. The second-order valence-corrected chi connectivity index (χ2v) is 5.66. The molecule has 0 spiro atoms. The summed E-state index contributed by atoms with van der Waals surface area (Å²) in [6, 6.07) is 1.21. The van der Waals surface area contributed by atoms with Crippen molar-refractivity contribution in [1.29, 1.82) is 0 Å². The van der Waals surface area contributed by atoms with Crippen LogP contribution in [-0.4, -0.2) is 31.1 Å². The van der Waals surface area contributed by atoms with Gasteiger partial charge in [-0.25, -0.2) is 13.2 Å². The summed E-state index contributed by atoms with van der Waals surface area (Å²) < 4.78 is 41.5. The van der Waals surface area contributed by atoms with E-state index in [2.05, 4.69) is 16.8 Å². The Labute approximate surface area is 142 Å². The summed E-state index contributed by atoms with van der Waals surface area (Å²) in [5, 5.41) is 3.23. The average Bonchev–Trinajstić information content (AvgIpc) is 2.49. The predicted octanol–water partition coefficient (Wildman–Crippen LogP) is 4.22. The Hall–Kier alpha value is -1.04. The van der Waals surface area contributed by atoms with E-state index in [-0.39, 0.29) is 24.0 Å². The van der Waals surface area contributed by atoms with Gasteiger partial charge in [-0.2, -0.15) is 0 Å². The van der Waals surface area contributed by atoms with E-state index >= 15 is 0 Å². The van der Waals surface area contributed by atoms with Crippen molar-refractivity contribution < 1.29 is 13.2 Å². The quantitative estimate of drug-likeness (QED) is 0.586. The molecule has 1 fully saturated rings. The number of halogens is 4. The molecule has 1 aliphatic heterocycles. The van der Waals surface area contributed by atoms with E-state index in [1.54, 1.807) is 0 Å². The standard InChI is InChI=1S/C17H23F3N2.ClH/c1-2-3-4-5-6-16(22-9-7-21-8-10-22)17-14(19)11-13(18)12-15(17)20;/h2,11-12,16,21H,1,3-10H2;1H/t16-;/m1./s1. The van der Waals surface area contributed by atoms with E-state index in [1.807, 2.05) is 6.08 Å². The molecule has 6 heteroatoms. The fourth-order valence-electron chi connectivity index (χ4n) is 3.00. The van der Waals surface area contributed by atoms with Gasteiger partial charge >= 0.3 is 0 Å². The van der Waals surface area contributed by atoms with Crippen molar-refractivity contribution in [2.75, 3.05) is 26.2 Å². The van der Waals surface area contributed by atoms with Crippen molar-refractivity contribution in [2.24, 2.45) is 0 Å². The molecule has 2 nitrogen and oxygen atoms in total. The Morgan fingerprint density at radius 2 is 1.74 bits per heavy atom. The zero-order chi connectivity index (χ0) is 15.9. The van der Waals surface area contributed by atoms with Crippen LogP contribution in [0.2, 0.25) is 0 Å². The zero-order valence-electron chi connectivity index (χ0n) is 13.2.